The Morgan fingerprint density at radius 1 is 1.50 bits per heavy atom. The molecule has 1 N–H and O–H groups in total. The first-order valence-corrected chi connectivity index (χ1v) is 8.43. The van der Waals surface area contributed by atoms with Crippen LogP contribution in [0.4, 0.5) is 5.82 Å². The lowest BCUT2D eigenvalue weighted by atomic mass is 10.1. The molecule has 9 heteroatoms. The van der Waals surface area contributed by atoms with E-state index < -0.39 is 10.0 Å². The fraction of sp³-hybridized carbons (Fsp3) is 0.462. The van der Waals surface area contributed by atoms with Crippen LogP contribution >= 0.6 is 0 Å². The number of fused-ring (bicyclic) bond motifs is 1. The van der Waals surface area contributed by atoms with Gasteiger partial charge >= 0.3 is 0 Å². The van der Waals surface area contributed by atoms with Crippen molar-refractivity contribution in [2.24, 2.45) is 7.05 Å². The van der Waals surface area contributed by atoms with Crippen molar-refractivity contribution in [3.05, 3.63) is 23.8 Å². The van der Waals surface area contributed by atoms with E-state index in [1.165, 1.54) is 10.9 Å². The molecule has 0 bridgehead atoms. The fourth-order valence-corrected chi connectivity index (χ4v) is 3.70. The summed E-state index contributed by atoms with van der Waals surface area (Å²) in [5.41, 5.74) is 0.170. The standard InChI is InChI=1S/C13H16N6O2S/c1-9-4-3-5-11-16-12(8-19(9)11)22(20,21)17-13-10(6-14)7-15-18(13)2/h7-9,17H,3-5H2,1-2H3/t9-/m1/s1. The zero-order valence-corrected chi connectivity index (χ0v) is 13.1. The van der Waals surface area contributed by atoms with Crippen molar-refractivity contribution in [1.82, 2.24) is 19.3 Å². The smallest absolute Gasteiger partial charge is 0.282 e. The molecular formula is C13H16N6O2S. The number of nitriles is 1. The number of hydrogen-bond donors (Lipinski definition) is 1. The highest BCUT2D eigenvalue weighted by molar-refractivity contribution is 7.92. The minimum absolute atomic E-state index is 0.0265. The number of hydrogen-bond acceptors (Lipinski definition) is 5. The van der Waals surface area contributed by atoms with Crippen LogP contribution in [-0.4, -0.2) is 27.7 Å². The molecule has 1 aliphatic rings. The Kier molecular flexibility index (Phi) is 3.41. The lowest BCUT2D eigenvalue weighted by Gasteiger charge is -2.20. The molecule has 1 atom stereocenters. The van der Waals surface area contributed by atoms with Crippen molar-refractivity contribution in [3.8, 4) is 6.07 Å². The number of aryl methyl sites for hydroxylation is 2. The first-order valence-electron chi connectivity index (χ1n) is 6.95. The summed E-state index contributed by atoms with van der Waals surface area (Å²) in [7, 11) is -2.28. The molecule has 0 unspecified atom stereocenters. The van der Waals surface area contributed by atoms with Gasteiger partial charge in [-0.2, -0.15) is 18.8 Å². The van der Waals surface area contributed by atoms with E-state index in [9.17, 15) is 8.42 Å². The largest absolute Gasteiger partial charge is 0.331 e. The number of sulfonamides is 1. The first kappa shape index (κ1) is 14.6. The molecular weight excluding hydrogens is 304 g/mol. The Balaban J connectivity index is 1.97. The van der Waals surface area contributed by atoms with Crippen LogP contribution in [0, 0.1) is 11.3 Å². The van der Waals surface area contributed by atoms with Crippen molar-refractivity contribution in [1.29, 1.82) is 5.26 Å². The van der Waals surface area contributed by atoms with Crippen LogP contribution in [0.3, 0.4) is 0 Å². The molecule has 2 aromatic heterocycles. The Labute approximate surface area is 128 Å². The zero-order valence-electron chi connectivity index (χ0n) is 12.3. The van der Waals surface area contributed by atoms with Crippen molar-refractivity contribution in [2.45, 2.75) is 37.3 Å². The van der Waals surface area contributed by atoms with Crippen LogP contribution in [0.15, 0.2) is 17.4 Å². The molecule has 2 aromatic rings. The summed E-state index contributed by atoms with van der Waals surface area (Å²) in [4.78, 5) is 4.24. The second kappa shape index (κ2) is 5.14. The Morgan fingerprint density at radius 3 is 2.95 bits per heavy atom. The van der Waals surface area contributed by atoms with Gasteiger partial charge in [-0.05, 0) is 19.8 Å². The third-order valence-corrected chi connectivity index (χ3v) is 5.06. The lowest BCUT2D eigenvalue weighted by molar-refractivity contribution is 0.425. The number of rotatable bonds is 3. The highest BCUT2D eigenvalue weighted by Crippen LogP contribution is 2.26. The molecule has 3 heterocycles. The van der Waals surface area contributed by atoms with Gasteiger partial charge in [0.1, 0.15) is 17.5 Å². The van der Waals surface area contributed by atoms with Gasteiger partial charge in [-0.3, -0.25) is 9.40 Å². The molecule has 22 heavy (non-hydrogen) atoms. The molecule has 116 valence electrons. The predicted octanol–water partition coefficient (Wildman–Crippen LogP) is 1.19. The SMILES string of the molecule is C[C@@H]1CCCc2nc(S(=O)(=O)Nc3c(C#N)cnn3C)cn21. The second-order valence-corrected chi connectivity index (χ2v) is 7.02. The summed E-state index contributed by atoms with van der Waals surface area (Å²) in [6, 6.07) is 2.15. The topological polar surface area (TPSA) is 106 Å². The minimum atomic E-state index is -3.85. The highest BCUT2D eigenvalue weighted by atomic mass is 32.2. The molecule has 0 radical (unpaired) electrons. The molecule has 1 aliphatic heterocycles. The van der Waals surface area contributed by atoms with Gasteiger partial charge in [0.2, 0.25) is 0 Å². The van der Waals surface area contributed by atoms with E-state index in [1.807, 2.05) is 17.6 Å². The molecule has 0 saturated heterocycles. The molecule has 3 rings (SSSR count). The van der Waals surface area contributed by atoms with Gasteiger partial charge in [-0.15, -0.1) is 0 Å². The maximum Gasteiger partial charge on any atom is 0.282 e. The van der Waals surface area contributed by atoms with Gasteiger partial charge in [0.05, 0.1) is 6.20 Å². The van der Waals surface area contributed by atoms with Crippen LogP contribution in [0.25, 0.3) is 0 Å². The number of aromatic nitrogens is 4. The van der Waals surface area contributed by atoms with E-state index in [1.54, 1.807) is 13.2 Å². The molecule has 0 amide bonds. The van der Waals surface area contributed by atoms with Gasteiger partial charge in [0.25, 0.3) is 10.0 Å². The summed E-state index contributed by atoms with van der Waals surface area (Å²) in [6.07, 6.45) is 5.67. The van der Waals surface area contributed by atoms with Gasteiger partial charge in [0, 0.05) is 25.7 Å². The number of nitrogens with one attached hydrogen (secondary N) is 1. The second-order valence-electron chi connectivity index (χ2n) is 5.39. The van der Waals surface area contributed by atoms with Crippen LogP contribution < -0.4 is 4.72 Å². The summed E-state index contributed by atoms with van der Waals surface area (Å²) >= 11 is 0. The lowest BCUT2D eigenvalue weighted by Crippen LogP contribution is -2.16. The molecule has 8 nitrogen and oxygen atoms in total. The van der Waals surface area contributed by atoms with Crippen molar-refractivity contribution < 1.29 is 8.42 Å². The van der Waals surface area contributed by atoms with Crippen molar-refractivity contribution in [3.63, 3.8) is 0 Å². The van der Waals surface area contributed by atoms with Crippen LogP contribution in [0.1, 0.15) is 37.2 Å². The molecule has 0 saturated carbocycles. The van der Waals surface area contributed by atoms with Crippen LogP contribution in [0.2, 0.25) is 0 Å². The Hall–Kier alpha value is -2.34. The van der Waals surface area contributed by atoms with E-state index in [4.69, 9.17) is 5.26 Å². The minimum Gasteiger partial charge on any atom is -0.331 e. The zero-order chi connectivity index (χ0) is 15.9. The van der Waals surface area contributed by atoms with Gasteiger partial charge in [-0.1, -0.05) is 0 Å². The summed E-state index contributed by atoms with van der Waals surface area (Å²) in [5.74, 6) is 0.922. The number of nitrogens with zero attached hydrogens (tertiary/aromatic N) is 5. The third kappa shape index (κ3) is 2.35. The molecule has 0 fully saturated rings. The molecule has 0 aromatic carbocycles. The van der Waals surface area contributed by atoms with E-state index in [-0.39, 0.29) is 22.4 Å². The van der Waals surface area contributed by atoms with E-state index in [0.717, 1.165) is 25.1 Å². The fourth-order valence-electron chi connectivity index (χ4n) is 2.62. The summed E-state index contributed by atoms with van der Waals surface area (Å²) in [6.45, 7) is 2.04. The van der Waals surface area contributed by atoms with E-state index in [0.29, 0.717) is 0 Å². The quantitative estimate of drug-likeness (QED) is 0.914. The Morgan fingerprint density at radius 2 is 2.27 bits per heavy atom. The highest BCUT2D eigenvalue weighted by Gasteiger charge is 2.26. The van der Waals surface area contributed by atoms with Crippen molar-refractivity contribution >= 4 is 15.8 Å². The maximum atomic E-state index is 12.5. The van der Waals surface area contributed by atoms with Crippen molar-refractivity contribution in [2.75, 3.05) is 4.72 Å². The van der Waals surface area contributed by atoms with Gasteiger partial charge < -0.3 is 4.57 Å². The summed E-state index contributed by atoms with van der Waals surface area (Å²) < 4.78 is 30.6. The summed E-state index contributed by atoms with van der Waals surface area (Å²) in [5, 5.41) is 12.9. The average molecular weight is 320 g/mol. The van der Waals surface area contributed by atoms with E-state index in [2.05, 4.69) is 14.8 Å². The maximum absolute atomic E-state index is 12.5. The number of anilines is 1. The normalized spacial score (nSPS) is 17.8. The third-order valence-electron chi connectivity index (χ3n) is 3.85. The first-order chi connectivity index (χ1) is 10.4. The number of imidazole rings is 1. The predicted molar refractivity (Wildman–Crippen MR) is 78.6 cm³/mol. The molecule has 0 aliphatic carbocycles. The van der Waals surface area contributed by atoms with Crippen LogP contribution in [0.5, 0.6) is 0 Å². The Bertz CT molecular complexity index is 858. The van der Waals surface area contributed by atoms with E-state index >= 15 is 0 Å². The van der Waals surface area contributed by atoms with Gasteiger partial charge in [-0.25, -0.2) is 4.98 Å². The monoisotopic (exact) mass is 320 g/mol. The molecule has 0 spiro atoms. The van der Waals surface area contributed by atoms with Gasteiger partial charge in [0.15, 0.2) is 10.8 Å². The van der Waals surface area contributed by atoms with Crippen LogP contribution in [-0.2, 0) is 23.5 Å². The average Bonchev–Trinajstić information content (AvgIpc) is 3.05.